The van der Waals surface area contributed by atoms with Crippen LogP contribution in [-0.2, 0) is 0 Å². The van der Waals surface area contributed by atoms with Gasteiger partial charge in [-0.3, -0.25) is 9.98 Å². The maximum atomic E-state index is 11.0. The molecule has 0 saturated heterocycles. The normalized spacial score (nSPS) is 11.5. The molecule has 0 fully saturated rings. The lowest BCUT2D eigenvalue weighted by Crippen LogP contribution is -2.85. The molecule has 0 saturated carbocycles. The van der Waals surface area contributed by atoms with Crippen molar-refractivity contribution < 1.29 is 15.5 Å². The van der Waals surface area contributed by atoms with Crippen LogP contribution in [0, 0.1) is 0 Å². The third kappa shape index (κ3) is 6.76. The highest BCUT2D eigenvalue weighted by Gasteiger charge is 1.91. The summed E-state index contributed by atoms with van der Waals surface area (Å²) in [5, 5.41) is 22.3. The first-order valence-corrected chi connectivity index (χ1v) is 7.61. The zero-order valence-corrected chi connectivity index (χ0v) is 12.9. The molecule has 0 unspecified atom stereocenters. The molecule has 5 heteroatoms. The van der Waals surface area contributed by atoms with E-state index in [-0.39, 0.29) is 11.5 Å². The molecule has 0 radical (unpaired) electrons. The first-order chi connectivity index (χ1) is 11.2. The summed E-state index contributed by atoms with van der Waals surface area (Å²) in [4.78, 5) is 8.66. The summed E-state index contributed by atoms with van der Waals surface area (Å²) in [6, 6.07) is 13.6. The van der Waals surface area contributed by atoms with Crippen molar-refractivity contribution in [2.45, 2.75) is 0 Å². The molecule has 0 atom stereocenters. The molecule has 0 aliphatic heterocycles. The zero-order valence-electron chi connectivity index (χ0n) is 12.9. The van der Waals surface area contributed by atoms with E-state index < -0.39 is 0 Å². The standard InChI is InChI=1S/C18H21N3O2/c22-17-5-1-15(2-6-17)13-20-11-9-19-10-12-21-14-16-3-7-18(23)8-4-16/h1-8,13-14,19,22-23H,9-12H2. The van der Waals surface area contributed by atoms with E-state index in [4.69, 9.17) is 0 Å². The van der Waals surface area contributed by atoms with E-state index in [0.29, 0.717) is 0 Å². The molecule has 2 rings (SSSR count). The van der Waals surface area contributed by atoms with Crippen molar-refractivity contribution >= 4 is 12.4 Å². The Morgan fingerprint density at radius 2 is 1.30 bits per heavy atom. The van der Waals surface area contributed by atoms with Gasteiger partial charge in [-0.25, -0.2) is 0 Å². The number of aromatic hydroxyl groups is 1. The van der Waals surface area contributed by atoms with Crippen LogP contribution >= 0.6 is 0 Å². The van der Waals surface area contributed by atoms with Crippen molar-refractivity contribution in [2.75, 3.05) is 26.2 Å². The highest BCUT2D eigenvalue weighted by molar-refractivity contribution is 5.80. The first-order valence-electron chi connectivity index (χ1n) is 7.61. The van der Waals surface area contributed by atoms with Gasteiger partial charge in [-0.15, -0.1) is 5.75 Å². The number of rotatable bonds is 8. The van der Waals surface area contributed by atoms with E-state index in [9.17, 15) is 10.2 Å². The number of nitrogens with two attached hydrogens (primary N) is 1. The fraction of sp³-hybridized carbons (Fsp3) is 0.222. The lowest BCUT2D eigenvalue weighted by Gasteiger charge is -2.02. The molecule has 0 spiro atoms. The molecule has 0 aliphatic carbocycles. The predicted molar refractivity (Wildman–Crippen MR) is 90.6 cm³/mol. The Bertz CT molecular complexity index is 577. The second kappa shape index (κ2) is 9.38. The molecule has 0 bridgehead atoms. The maximum Gasteiger partial charge on any atom is 0.115 e. The summed E-state index contributed by atoms with van der Waals surface area (Å²) < 4.78 is 0. The summed E-state index contributed by atoms with van der Waals surface area (Å²) >= 11 is 0. The molecule has 0 heterocycles. The van der Waals surface area contributed by atoms with Crippen LogP contribution in [-0.4, -0.2) is 43.7 Å². The highest BCUT2D eigenvalue weighted by atomic mass is 16.3. The van der Waals surface area contributed by atoms with Crippen molar-refractivity contribution in [1.29, 1.82) is 0 Å². The van der Waals surface area contributed by atoms with Crippen LogP contribution in [0.4, 0.5) is 0 Å². The number of hydrogen-bond donors (Lipinski definition) is 2. The molecule has 0 aliphatic rings. The summed E-state index contributed by atoms with van der Waals surface area (Å²) in [6.07, 6.45) is 3.60. The number of nitrogens with zero attached hydrogens (tertiary/aromatic N) is 2. The van der Waals surface area contributed by atoms with Gasteiger partial charge in [0.2, 0.25) is 0 Å². The van der Waals surface area contributed by atoms with Crippen molar-refractivity contribution in [2.24, 2.45) is 9.98 Å². The van der Waals surface area contributed by atoms with E-state index in [0.717, 1.165) is 37.3 Å². The van der Waals surface area contributed by atoms with Crippen molar-refractivity contribution in [3.05, 3.63) is 59.7 Å². The van der Waals surface area contributed by atoms with Crippen LogP contribution in [0.3, 0.4) is 0 Å². The summed E-state index contributed by atoms with van der Waals surface area (Å²) in [6.45, 7) is 3.30. The van der Waals surface area contributed by atoms with Gasteiger partial charge in [-0.1, -0.05) is 24.3 Å². The van der Waals surface area contributed by atoms with Gasteiger partial charge in [0, 0.05) is 12.4 Å². The second-order valence-electron chi connectivity index (χ2n) is 5.10. The van der Waals surface area contributed by atoms with Crippen LogP contribution in [0.15, 0.2) is 58.5 Å². The maximum absolute atomic E-state index is 11.0. The summed E-state index contributed by atoms with van der Waals surface area (Å²) in [7, 11) is 0. The molecule has 2 aromatic carbocycles. The Morgan fingerprint density at radius 3 is 1.83 bits per heavy atom. The number of hydrogen-bond acceptors (Lipinski definition) is 4. The quantitative estimate of drug-likeness (QED) is 0.552. The van der Waals surface area contributed by atoms with Gasteiger partial charge >= 0.3 is 0 Å². The molecule has 0 aromatic heterocycles. The molecular formula is C18H21N3O2. The van der Waals surface area contributed by atoms with Gasteiger partial charge in [-0.05, 0) is 35.4 Å². The van der Waals surface area contributed by atoms with Gasteiger partial charge in [0.15, 0.2) is 0 Å². The van der Waals surface area contributed by atoms with E-state index in [2.05, 4.69) is 15.3 Å². The van der Waals surface area contributed by atoms with E-state index in [1.165, 1.54) is 0 Å². The first kappa shape index (κ1) is 16.7. The minimum absolute atomic E-state index is 0.0170. The Kier molecular flexibility index (Phi) is 6.81. The molecule has 2 aromatic rings. The van der Waals surface area contributed by atoms with Gasteiger partial charge in [-0.2, -0.15) is 0 Å². The van der Waals surface area contributed by atoms with Crippen LogP contribution in [0.2, 0.25) is 0 Å². The third-order valence-electron chi connectivity index (χ3n) is 3.18. The minimum Gasteiger partial charge on any atom is -0.872 e. The predicted octanol–water partition coefficient (Wildman–Crippen LogP) is 0.567. The Morgan fingerprint density at radius 1 is 0.826 bits per heavy atom. The average molecular weight is 311 g/mol. The SMILES string of the molecule is [O-]c1ccc(C=NCC[NH2+]CCN=Cc2ccc(O)cc2)cc1. The fourth-order valence-corrected chi connectivity index (χ4v) is 1.93. The van der Waals surface area contributed by atoms with Crippen LogP contribution in [0.5, 0.6) is 11.5 Å². The molecule has 0 amide bonds. The van der Waals surface area contributed by atoms with Crippen LogP contribution < -0.4 is 10.4 Å². The smallest absolute Gasteiger partial charge is 0.115 e. The molecule has 120 valence electrons. The number of aliphatic imine (C=N–C) groups is 2. The van der Waals surface area contributed by atoms with Gasteiger partial charge < -0.3 is 15.5 Å². The monoisotopic (exact) mass is 311 g/mol. The summed E-state index contributed by atoms with van der Waals surface area (Å²) in [5.74, 6) is 0.281. The molecule has 23 heavy (non-hydrogen) atoms. The molecule has 3 N–H and O–H groups in total. The van der Waals surface area contributed by atoms with Crippen molar-refractivity contribution in [3.63, 3.8) is 0 Å². The van der Waals surface area contributed by atoms with Crippen molar-refractivity contribution in [1.82, 2.24) is 0 Å². The zero-order chi connectivity index (χ0) is 16.3. The number of quaternary nitrogens is 1. The molecule has 5 nitrogen and oxygen atoms in total. The topological polar surface area (TPSA) is 84.6 Å². The van der Waals surface area contributed by atoms with Gasteiger partial charge in [0.05, 0.1) is 26.2 Å². The highest BCUT2D eigenvalue weighted by Crippen LogP contribution is 2.07. The van der Waals surface area contributed by atoms with E-state index in [1.807, 2.05) is 18.3 Å². The average Bonchev–Trinajstić information content (AvgIpc) is 2.56. The Balaban J connectivity index is 1.55. The third-order valence-corrected chi connectivity index (χ3v) is 3.18. The van der Waals surface area contributed by atoms with Gasteiger partial charge in [0.25, 0.3) is 0 Å². The second-order valence-corrected chi connectivity index (χ2v) is 5.10. The number of phenols is 1. The van der Waals surface area contributed by atoms with E-state index >= 15 is 0 Å². The van der Waals surface area contributed by atoms with E-state index in [1.54, 1.807) is 42.6 Å². The Hall–Kier alpha value is -2.66. The van der Waals surface area contributed by atoms with Crippen molar-refractivity contribution in [3.8, 4) is 11.5 Å². The van der Waals surface area contributed by atoms with Gasteiger partial charge in [0.1, 0.15) is 5.75 Å². The minimum atomic E-state index is 0.0170. The number of phenolic OH excluding ortho intramolecular Hbond substituents is 1. The lowest BCUT2D eigenvalue weighted by atomic mass is 10.2. The number of benzene rings is 2. The summed E-state index contributed by atoms with van der Waals surface area (Å²) in [5.41, 5.74) is 1.93. The fourth-order valence-electron chi connectivity index (χ4n) is 1.93. The van der Waals surface area contributed by atoms with Crippen LogP contribution in [0.25, 0.3) is 0 Å². The largest absolute Gasteiger partial charge is 0.872 e. The lowest BCUT2D eigenvalue weighted by molar-refractivity contribution is -0.650. The Labute approximate surface area is 136 Å². The molecular weight excluding hydrogens is 290 g/mol. The van der Waals surface area contributed by atoms with Crippen LogP contribution in [0.1, 0.15) is 11.1 Å².